The van der Waals surface area contributed by atoms with Crippen LogP contribution in [0.15, 0.2) is 4.99 Å². The summed E-state index contributed by atoms with van der Waals surface area (Å²) in [6.07, 6.45) is 0. The Morgan fingerprint density at radius 2 is 2.22 bits per heavy atom. The summed E-state index contributed by atoms with van der Waals surface area (Å²) in [5.74, 6) is 0. The van der Waals surface area contributed by atoms with Gasteiger partial charge in [0.05, 0.1) is 11.7 Å². The van der Waals surface area contributed by atoms with E-state index in [2.05, 4.69) is 22.4 Å². The normalized spacial score (nSPS) is 10.6. The van der Waals surface area contributed by atoms with Crippen LogP contribution >= 0.6 is 12.2 Å². The molecule has 0 saturated carbocycles. The van der Waals surface area contributed by atoms with E-state index in [1.807, 2.05) is 13.8 Å². The maximum Gasteiger partial charge on any atom is 0.0585 e. The SMILES string of the molecule is CC(C)(CO)CN=C=S. The molecule has 0 heterocycles. The molecule has 3 heteroatoms. The standard InChI is InChI=1S/C6H11NOS/c1-6(2,4-8)3-7-5-9/h8H,3-4H2,1-2H3. The minimum absolute atomic E-state index is 0.132. The highest BCUT2D eigenvalue weighted by Crippen LogP contribution is 2.12. The first-order chi connectivity index (χ1) is 4.12. The second-order valence-corrected chi connectivity index (χ2v) is 2.91. The Balaban J connectivity index is 3.71. The van der Waals surface area contributed by atoms with Gasteiger partial charge < -0.3 is 5.11 Å². The minimum Gasteiger partial charge on any atom is -0.396 e. The van der Waals surface area contributed by atoms with Gasteiger partial charge in [0.15, 0.2) is 0 Å². The number of aliphatic hydroxyl groups excluding tert-OH is 1. The maximum atomic E-state index is 8.70. The van der Waals surface area contributed by atoms with Crippen LogP contribution in [0.2, 0.25) is 0 Å². The monoisotopic (exact) mass is 145 g/mol. The molecule has 0 aromatic carbocycles. The Bertz CT molecular complexity index is 127. The van der Waals surface area contributed by atoms with Gasteiger partial charge in [-0.05, 0) is 12.2 Å². The van der Waals surface area contributed by atoms with Crippen molar-refractivity contribution in [2.45, 2.75) is 13.8 Å². The highest BCUT2D eigenvalue weighted by molar-refractivity contribution is 7.78. The third-order valence-corrected chi connectivity index (χ3v) is 1.13. The van der Waals surface area contributed by atoms with E-state index in [-0.39, 0.29) is 12.0 Å². The van der Waals surface area contributed by atoms with Crippen LogP contribution in [0.1, 0.15) is 13.8 Å². The van der Waals surface area contributed by atoms with Crippen molar-refractivity contribution in [2.24, 2.45) is 10.4 Å². The average Bonchev–Trinajstić information content (AvgIpc) is 1.84. The summed E-state index contributed by atoms with van der Waals surface area (Å²) < 4.78 is 0. The molecule has 0 saturated heterocycles. The smallest absolute Gasteiger partial charge is 0.0585 e. The molecule has 0 amide bonds. The van der Waals surface area contributed by atoms with E-state index in [4.69, 9.17) is 5.11 Å². The minimum atomic E-state index is -0.147. The van der Waals surface area contributed by atoms with Gasteiger partial charge in [-0.15, -0.1) is 0 Å². The molecule has 0 aliphatic heterocycles. The van der Waals surface area contributed by atoms with E-state index >= 15 is 0 Å². The largest absolute Gasteiger partial charge is 0.396 e. The number of hydrogen-bond acceptors (Lipinski definition) is 3. The fraction of sp³-hybridized carbons (Fsp3) is 0.833. The lowest BCUT2D eigenvalue weighted by atomic mass is 9.95. The zero-order valence-electron chi connectivity index (χ0n) is 5.72. The van der Waals surface area contributed by atoms with Crippen molar-refractivity contribution < 1.29 is 5.11 Å². The van der Waals surface area contributed by atoms with Gasteiger partial charge in [-0.3, -0.25) is 0 Å². The molecule has 0 aliphatic rings. The molecule has 0 atom stereocenters. The summed E-state index contributed by atoms with van der Waals surface area (Å²) in [6.45, 7) is 4.52. The van der Waals surface area contributed by atoms with Crippen molar-refractivity contribution in [2.75, 3.05) is 13.2 Å². The second-order valence-electron chi connectivity index (χ2n) is 2.73. The van der Waals surface area contributed by atoms with Crippen LogP contribution in [-0.4, -0.2) is 23.4 Å². The number of nitrogens with zero attached hydrogens (tertiary/aromatic N) is 1. The Labute approximate surface area is 60.6 Å². The predicted molar refractivity (Wildman–Crippen MR) is 40.8 cm³/mol. The average molecular weight is 145 g/mol. The third kappa shape index (κ3) is 4.28. The lowest BCUT2D eigenvalue weighted by molar-refractivity contribution is 0.167. The Morgan fingerprint density at radius 3 is 2.56 bits per heavy atom. The Morgan fingerprint density at radius 1 is 1.67 bits per heavy atom. The van der Waals surface area contributed by atoms with E-state index in [0.717, 1.165) is 0 Å². The third-order valence-electron chi connectivity index (χ3n) is 1.000. The van der Waals surface area contributed by atoms with Crippen molar-refractivity contribution in [3.8, 4) is 0 Å². The van der Waals surface area contributed by atoms with Crippen LogP contribution in [0.25, 0.3) is 0 Å². The van der Waals surface area contributed by atoms with Crippen molar-refractivity contribution >= 4 is 17.4 Å². The van der Waals surface area contributed by atoms with Gasteiger partial charge in [0.25, 0.3) is 0 Å². The summed E-state index contributed by atoms with van der Waals surface area (Å²) in [7, 11) is 0. The van der Waals surface area contributed by atoms with Gasteiger partial charge in [-0.2, -0.15) is 0 Å². The maximum absolute atomic E-state index is 8.70. The Kier molecular flexibility index (Phi) is 3.62. The molecular weight excluding hydrogens is 134 g/mol. The summed E-state index contributed by atoms with van der Waals surface area (Å²) in [6, 6.07) is 0. The van der Waals surface area contributed by atoms with E-state index in [9.17, 15) is 0 Å². The number of aliphatic hydroxyl groups is 1. The first-order valence-corrected chi connectivity index (χ1v) is 3.18. The van der Waals surface area contributed by atoms with E-state index in [1.54, 1.807) is 0 Å². The molecule has 0 bridgehead atoms. The van der Waals surface area contributed by atoms with Crippen molar-refractivity contribution in [3.63, 3.8) is 0 Å². The van der Waals surface area contributed by atoms with E-state index in [0.29, 0.717) is 6.54 Å². The fourth-order valence-corrected chi connectivity index (χ4v) is 0.361. The van der Waals surface area contributed by atoms with Gasteiger partial charge in [0.2, 0.25) is 0 Å². The lowest BCUT2D eigenvalue weighted by Crippen LogP contribution is -2.19. The number of isothiocyanates is 1. The molecule has 0 unspecified atom stereocenters. The van der Waals surface area contributed by atoms with Gasteiger partial charge in [0.1, 0.15) is 0 Å². The highest BCUT2D eigenvalue weighted by Gasteiger charge is 2.14. The predicted octanol–water partition coefficient (Wildman–Crippen LogP) is 1.11. The molecule has 1 N–H and O–H groups in total. The number of rotatable bonds is 3. The molecular formula is C6H11NOS. The quantitative estimate of drug-likeness (QED) is 0.476. The van der Waals surface area contributed by atoms with Gasteiger partial charge in [-0.25, -0.2) is 4.99 Å². The highest BCUT2D eigenvalue weighted by atomic mass is 32.1. The number of thiocarbonyl (C=S) groups is 1. The summed E-state index contributed by atoms with van der Waals surface area (Å²) >= 11 is 4.37. The topological polar surface area (TPSA) is 32.6 Å². The molecule has 9 heavy (non-hydrogen) atoms. The zero-order valence-corrected chi connectivity index (χ0v) is 6.53. The van der Waals surface area contributed by atoms with Crippen LogP contribution in [-0.2, 0) is 0 Å². The molecule has 52 valence electrons. The summed E-state index contributed by atoms with van der Waals surface area (Å²) in [5.41, 5.74) is -0.147. The van der Waals surface area contributed by atoms with E-state index in [1.165, 1.54) is 0 Å². The van der Waals surface area contributed by atoms with Crippen LogP contribution in [0.4, 0.5) is 0 Å². The lowest BCUT2D eigenvalue weighted by Gasteiger charge is -2.16. The fourth-order valence-electron chi connectivity index (χ4n) is 0.296. The van der Waals surface area contributed by atoms with Gasteiger partial charge >= 0.3 is 0 Å². The number of aliphatic imine (C=N–C) groups is 1. The second kappa shape index (κ2) is 3.72. The summed E-state index contributed by atoms with van der Waals surface area (Å²) in [5, 5.41) is 11.0. The molecule has 0 fully saturated rings. The Hall–Kier alpha value is -0.240. The van der Waals surface area contributed by atoms with Crippen molar-refractivity contribution in [3.05, 3.63) is 0 Å². The van der Waals surface area contributed by atoms with E-state index < -0.39 is 0 Å². The summed E-state index contributed by atoms with van der Waals surface area (Å²) in [4.78, 5) is 3.72. The molecule has 0 aromatic heterocycles. The first-order valence-electron chi connectivity index (χ1n) is 2.77. The molecule has 0 aliphatic carbocycles. The molecule has 0 aromatic rings. The van der Waals surface area contributed by atoms with Gasteiger partial charge in [0, 0.05) is 12.0 Å². The zero-order chi connectivity index (χ0) is 7.33. The first kappa shape index (κ1) is 8.76. The van der Waals surface area contributed by atoms with Crippen molar-refractivity contribution in [1.29, 1.82) is 0 Å². The molecule has 2 nitrogen and oxygen atoms in total. The van der Waals surface area contributed by atoms with Crippen LogP contribution in [0.5, 0.6) is 0 Å². The molecule has 0 spiro atoms. The van der Waals surface area contributed by atoms with Crippen LogP contribution in [0, 0.1) is 5.41 Å². The van der Waals surface area contributed by atoms with Gasteiger partial charge in [-0.1, -0.05) is 13.8 Å². The van der Waals surface area contributed by atoms with Crippen LogP contribution < -0.4 is 0 Å². The van der Waals surface area contributed by atoms with Crippen LogP contribution in [0.3, 0.4) is 0 Å². The van der Waals surface area contributed by atoms with Crippen molar-refractivity contribution in [1.82, 2.24) is 0 Å². The molecule has 0 rings (SSSR count). The molecule has 0 radical (unpaired) electrons. The number of hydrogen-bond donors (Lipinski definition) is 1.